The Hall–Kier alpha value is -1.29. The normalized spacial score (nSPS) is 16.7. The number of carboxylic acids is 1. The maximum Gasteiger partial charge on any atom is 0.352 e. The van der Waals surface area contributed by atoms with Gasteiger partial charge in [-0.1, -0.05) is 0 Å². The van der Waals surface area contributed by atoms with Gasteiger partial charge in [0.1, 0.15) is 5.69 Å². The Labute approximate surface area is 82.5 Å². The summed E-state index contributed by atoms with van der Waals surface area (Å²) >= 11 is 0. The molecule has 1 aliphatic heterocycles. The van der Waals surface area contributed by atoms with Crippen molar-refractivity contribution in [2.45, 2.75) is 19.9 Å². The van der Waals surface area contributed by atoms with E-state index in [9.17, 15) is 4.79 Å². The molecule has 2 rings (SSSR count). The fourth-order valence-corrected chi connectivity index (χ4v) is 1.99. The van der Waals surface area contributed by atoms with E-state index in [1.165, 1.54) is 0 Å². The highest BCUT2D eigenvalue weighted by Gasteiger charge is 2.22. The average Bonchev–Trinajstić information content (AvgIpc) is 2.44. The van der Waals surface area contributed by atoms with E-state index < -0.39 is 5.97 Å². The quantitative estimate of drug-likeness (QED) is 0.701. The summed E-state index contributed by atoms with van der Waals surface area (Å²) in [4.78, 5) is 16.1. The van der Waals surface area contributed by atoms with Crippen LogP contribution in [-0.2, 0) is 13.0 Å². The zero-order valence-electron chi connectivity index (χ0n) is 8.42. The molecule has 0 saturated carbocycles. The van der Waals surface area contributed by atoms with Crippen LogP contribution in [0.3, 0.4) is 0 Å². The van der Waals surface area contributed by atoms with Crippen molar-refractivity contribution in [3.63, 3.8) is 0 Å². The van der Waals surface area contributed by atoms with Crippen molar-refractivity contribution in [3.05, 3.63) is 22.5 Å². The van der Waals surface area contributed by atoms with Crippen molar-refractivity contribution in [1.82, 2.24) is 9.88 Å². The molecule has 0 aromatic carbocycles. The SMILES string of the molecule is Cc1c(C(=O)O)[nH]c2c1CN(C)CC2. The Morgan fingerprint density at radius 1 is 1.57 bits per heavy atom. The minimum Gasteiger partial charge on any atom is -0.477 e. The fraction of sp³-hybridized carbons (Fsp3) is 0.500. The van der Waals surface area contributed by atoms with E-state index in [1.807, 2.05) is 6.92 Å². The summed E-state index contributed by atoms with van der Waals surface area (Å²) in [6.07, 6.45) is 0.917. The third-order valence-corrected chi connectivity index (χ3v) is 2.85. The number of fused-ring (bicyclic) bond motifs is 1. The molecule has 0 fully saturated rings. The Bertz CT molecular complexity index is 382. The van der Waals surface area contributed by atoms with Gasteiger partial charge in [0, 0.05) is 25.2 Å². The van der Waals surface area contributed by atoms with Crippen LogP contribution in [0.15, 0.2) is 0 Å². The second kappa shape index (κ2) is 3.13. The highest BCUT2D eigenvalue weighted by molar-refractivity contribution is 5.88. The number of rotatable bonds is 1. The van der Waals surface area contributed by atoms with Crippen molar-refractivity contribution in [2.24, 2.45) is 0 Å². The number of aromatic carboxylic acids is 1. The minimum atomic E-state index is -0.862. The average molecular weight is 194 g/mol. The van der Waals surface area contributed by atoms with Crippen LogP contribution in [-0.4, -0.2) is 34.6 Å². The molecule has 76 valence electrons. The monoisotopic (exact) mass is 194 g/mol. The van der Waals surface area contributed by atoms with Gasteiger partial charge in [-0.2, -0.15) is 0 Å². The van der Waals surface area contributed by atoms with E-state index in [2.05, 4.69) is 16.9 Å². The number of aromatic amines is 1. The lowest BCUT2D eigenvalue weighted by Crippen LogP contribution is -2.26. The predicted molar refractivity (Wildman–Crippen MR) is 52.5 cm³/mol. The molecule has 4 heteroatoms. The van der Waals surface area contributed by atoms with Crippen LogP contribution in [0.4, 0.5) is 0 Å². The number of H-pyrrole nitrogens is 1. The first-order chi connectivity index (χ1) is 6.59. The summed E-state index contributed by atoms with van der Waals surface area (Å²) in [5, 5.41) is 8.94. The van der Waals surface area contributed by atoms with Gasteiger partial charge in [0.25, 0.3) is 0 Å². The maximum absolute atomic E-state index is 10.9. The van der Waals surface area contributed by atoms with Crippen LogP contribution in [0.5, 0.6) is 0 Å². The van der Waals surface area contributed by atoms with E-state index in [0.29, 0.717) is 5.69 Å². The van der Waals surface area contributed by atoms with E-state index in [0.717, 1.165) is 36.3 Å². The third kappa shape index (κ3) is 1.32. The smallest absolute Gasteiger partial charge is 0.352 e. The van der Waals surface area contributed by atoms with Crippen LogP contribution in [0.25, 0.3) is 0 Å². The Morgan fingerprint density at radius 3 is 2.93 bits per heavy atom. The van der Waals surface area contributed by atoms with Crippen molar-refractivity contribution in [2.75, 3.05) is 13.6 Å². The lowest BCUT2D eigenvalue weighted by Gasteiger charge is -2.22. The van der Waals surface area contributed by atoms with E-state index in [1.54, 1.807) is 0 Å². The molecule has 0 amide bonds. The molecule has 0 unspecified atom stereocenters. The topological polar surface area (TPSA) is 56.3 Å². The summed E-state index contributed by atoms with van der Waals surface area (Å²) in [7, 11) is 2.05. The molecule has 0 atom stereocenters. The van der Waals surface area contributed by atoms with Gasteiger partial charge in [-0.15, -0.1) is 0 Å². The van der Waals surface area contributed by atoms with E-state index >= 15 is 0 Å². The van der Waals surface area contributed by atoms with E-state index in [-0.39, 0.29) is 0 Å². The predicted octanol–water partition coefficient (Wildman–Crippen LogP) is 1.01. The van der Waals surface area contributed by atoms with Crippen molar-refractivity contribution in [3.8, 4) is 0 Å². The number of hydrogen-bond donors (Lipinski definition) is 2. The molecule has 0 saturated heterocycles. The molecule has 4 nitrogen and oxygen atoms in total. The summed E-state index contributed by atoms with van der Waals surface area (Å²) in [6, 6.07) is 0. The molecule has 0 spiro atoms. The molecule has 1 aromatic rings. The lowest BCUT2D eigenvalue weighted by atomic mass is 10.0. The fourth-order valence-electron chi connectivity index (χ4n) is 1.99. The number of hydrogen-bond acceptors (Lipinski definition) is 2. The second-order valence-electron chi connectivity index (χ2n) is 3.88. The zero-order valence-corrected chi connectivity index (χ0v) is 8.42. The maximum atomic E-state index is 10.9. The Balaban J connectivity index is 2.46. The van der Waals surface area contributed by atoms with Gasteiger partial charge in [0.2, 0.25) is 0 Å². The first kappa shape index (κ1) is 9.27. The highest BCUT2D eigenvalue weighted by Crippen LogP contribution is 2.23. The molecule has 0 bridgehead atoms. The molecular formula is C10H14N2O2. The summed E-state index contributed by atoms with van der Waals surface area (Å²) in [6.45, 7) is 3.72. The second-order valence-corrected chi connectivity index (χ2v) is 3.88. The lowest BCUT2D eigenvalue weighted by molar-refractivity contribution is 0.0690. The van der Waals surface area contributed by atoms with E-state index in [4.69, 9.17) is 5.11 Å². The first-order valence-electron chi connectivity index (χ1n) is 4.71. The van der Waals surface area contributed by atoms with Crippen LogP contribution in [0.1, 0.15) is 27.3 Å². The third-order valence-electron chi connectivity index (χ3n) is 2.85. The number of carbonyl (C=O) groups is 1. The molecule has 0 radical (unpaired) electrons. The molecule has 2 heterocycles. The number of aromatic nitrogens is 1. The Morgan fingerprint density at radius 2 is 2.29 bits per heavy atom. The molecule has 1 aliphatic rings. The van der Waals surface area contributed by atoms with Crippen molar-refractivity contribution in [1.29, 1.82) is 0 Å². The van der Waals surface area contributed by atoms with Gasteiger partial charge in [0.15, 0.2) is 0 Å². The highest BCUT2D eigenvalue weighted by atomic mass is 16.4. The van der Waals surface area contributed by atoms with Crippen LogP contribution in [0, 0.1) is 6.92 Å². The largest absolute Gasteiger partial charge is 0.477 e. The number of carboxylic acid groups (broad SMARTS) is 1. The summed E-state index contributed by atoms with van der Waals surface area (Å²) < 4.78 is 0. The molecule has 2 N–H and O–H groups in total. The number of likely N-dealkylation sites (N-methyl/N-ethyl adjacent to an activating group) is 1. The van der Waals surface area contributed by atoms with Gasteiger partial charge in [0.05, 0.1) is 0 Å². The van der Waals surface area contributed by atoms with Crippen LogP contribution >= 0.6 is 0 Å². The molecule has 0 aliphatic carbocycles. The van der Waals surface area contributed by atoms with Crippen LogP contribution in [0.2, 0.25) is 0 Å². The number of nitrogens with one attached hydrogen (secondary N) is 1. The molecule has 1 aromatic heterocycles. The van der Waals surface area contributed by atoms with Gasteiger partial charge in [-0.3, -0.25) is 0 Å². The first-order valence-corrected chi connectivity index (χ1v) is 4.71. The molecular weight excluding hydrogens is 180 g/mol. The summed E-state index contributed by atoms with van der Waals surface area (Å²) in [5.41, 5.74) is 3.50. The van der Waals surface area contributed by atoms with Gasteiger partial charge in [-0.05, 0) is 25.1 Å². The van der Waals surface area contributed by atoms with Gasteiger partial charge < -0.3 is 15.0 Å². The van der Waals surface area contributed by atoms with Gasteiger partial charge in [-0.25, -0.2) is 4.79 Å². The number of nitrogens with zero attached hydrogens (tertiary/aromatic N) is 1. The standard InChI is InChI=1S/C10H14N2O2/c1-6-7-5-12(2)4-3-8(7)11-9(6)10(13)14/h11H,3-5H2,1-2H3,(H,13,14). The Kier molecular flexibility index (Phi) is 2.07. The minimum absolute atomic E-state index is 0.352. The summed E-state index contributed by atoms with van der Waals surface area (Å²) in [5.74, 6) is -0.862. The van der Waals surface area contributed by atoms with Crippen molar-refractivity contribution >= 4 is 5.97 Å². The van der Waals surface area contributed by atoms with Gasteiger partial charge >= 0.3 is 5.97 Å². The molecule has 14 heavy (non-hydrogen) atoms. The van der Waals surface area contributed by atoms with Crippen molar-refractivity contribution < 1.29 is 9.90 Å². The van der Waals surface area contributed by atoms with Crippen LogP contribution < -0.4 is 0 Å². The zero-order chi connectivity index (χ0) is 10.3.